The van der Waals surface area contributed by atoms with Crippen LogP contribution in [0.5, 0.6) is 0 Å². The van der Waals surface area contributed by atoms with Gasteiger partial charge in [0.25, 0.3) is 0 Å². The van der Waals surface area contributed by atoms with Crippen LogP contribution in [-0.2, 0) is 5.75 Å². The SMILES string of the molecule is c1ccc2c(CSc3nnnn3-c3cccc4ccccc34)cccc2c1. The summed E-state index contributed by atoms with van der Waals surface area (Å²) in [6, 6.07) is 29.4. The van der Waals surface area contributed by atoms with Crippen molar-refractivity contribution in [3.8, 4) is 5.69 Å². The van der Waals surface area contributed by atoms with Crippen LogP contribution in [0.15, 0.2) is 90.1 Å². The molecule has 0 aliphatic carbocycles. The maximum Gasteiger partial charge on any atom is 0.214 e. The number of hydrogen-bond donors (Lipinski definition) is 0. The van der Waals surface area contributed by atoms with E-state index < -0.39 is 0 Å². The molecule has 130 valence electrons. The van der Waals surface area contributed by atoms with Gasteiger partial charge in [-0.15, -0.1) is 5.10 Å². The first kappa shape index (κ1) is 16.0. The Labute approximate surface area is 160 Å². The van der Waals surface area contributed by atoms with Gasteiger partial charge in [0.05, 0.1) is 5.69 Å². The van der Waals surface area contributed by atoms with Gasteiger partial charge in [0, 0.05) is 11.1 Å². The van der Waals surface area contributed by atoms with Gasteiger partial charge < -0.3 is 0 Å². The second-order valence-corrected chi connectivity index (χ2v) is 7.24. The number of benzene rings is 4. The molecule has 0 bridgehead atoms. The molecule has 0 spiro atoms. The minimum absolute atomic E-state index is 0.791. The highest BCUT2D eigenvalue weighted by molar-refractivity contribution is 7.98. The van der Waals surface area contributed by atoms with Gasteiger partial charge >= 0.3 is 0 Å². The number of hydrogen-bond acceptors (Lipinski definition) is 4. The van der Waals surface area contributed by atoms with E-state index in [1.807, 2.05) is 22.9 Å². The highest BCUT2D eigenvalue weighted by Crippen LogP contribution is 2.29. The van der Waals surface area contributed by atoms with Crippen molar-refractivity contribution in [2.75, 3.05) is 0 Å². The van der Waals surface area contributed by atoms with Gasteiger partial charge in [-0.3, -0.25) is 0 Å². The Morgan fingerprint density at radius 1 is 0.704 bits per heavy atom. The van der Waals surface area contributed by atoms with E-state index in [1.165, 1.54) is 21.7 Å². The van der Waals surface area contributed by atoms with E-state index in [0.29, 0.717) is 0 Å². The Bertz CT molecular complexity index is 1230. The van der Waals surface area contributed by atoms with Crippen molar-refractivity contribution >= 4 is 33.3 Å². The van der Waals surface area contributed by atoms with Crippen molar-refractivity contribution < 1.29 is 0 Å². The molecule has 0 radical (unpaired) electrons. The predicted octanol–water partition coefficient (Wildman–Crippen LogP) is 5.26. The molecule has 1 heterocycles. The van der Waals surface area contributed by atoms with Gasteiger partial charge in [-0.05, 0) is 38.2 Å². The summed E-state index contributed by atoms with van der Waals surface area (Å²) in [7, 11) is 0. The lowest BCUT2D eigenvalue weighted by molar-refractivity contribution is 0.761. The molecule has 0 atom stereocenters. The third-order valence-corrected chi connectivity index (χ3v) is 5.64. The van der Waals surface area contributed by atoms with E-state index >= 15 is 0 Å². The summed E-state index contributed by atoms with van der Waals surface area (Å²) in [4.78, 5) is 0. The predicted molar refractivity (Wildman–Crippen MR) is 110 cm³/mol. The Balaban J connectivity index is 1.50. The summed E-state index contributed by atoms with van der Waals surface area (Å²) < 4.78 is 1.83. The van der Waals surface area contributed by atoms with Crippen LogP contribution in [-0.4, -0.2) is 20.2 Å². The summed E-state index contributed by atoms with van der Waals surface area (Å²) in [5.74, 6) is 0.812. The van der Waals surface area contributed by atoms with Crippen LogP contribution in [0.4, 0.5) is 0 Å². The van der Waals surface area contributed by atoms with Gasteiger partial charge in [0.2, 0.25) is 5.16 Å². The fourth-order valence-electron chi connectivity index (χ4n) is 3.37. The molecule has 0 amide bonds. The summed E-state index contributed by atoms with van der Waals surface area (Å²) in [6.07, 6.45) is 0. The Kier molecular flexibility index (Phi) is 4.07. The lowest BCUT2D eigenvalue weighted by Gasteiger charge is -2.09. The molecule has 0 fully saturated rings. The number of rotatable bonds is 4. The molecule has 4 nitrogen and oxygen atoms in total. The molecular weight excluding hydrogens is 352 g/mol. The van der Waals surface area contributed by atoms with Crippen LogP contribution in [0, 0.1) is 0 Å². The van der Waals surface area contributed by atoms with Crippen LogP contribution in [0.2, 0.25) is 0 Å². The third kappa shape index (κ3) is 2.96. The number of aromatic nitrogens is 4. The molecule has 0 N–H and O–H groups in total. The first-order valence-corrected chi connectivity index (χ1v) is 9.75. The van der Waals surface area contributed by atoms with E-state index in [1.54, 1.807) is 11.8 Å². The Morgan fingerprint density at radius 2 is 1.37 bits per heavy atom. The van der Waals surface area contributed by atoms with Gasteiger partial charge in [0.15, 0.2) is 0 Å². The van der Waals surface area contributed by atoms with Crippen LogP contribution >= 0.6 is 11.8 Å². The van der Waals surface area contributed by atoms with Crippen molar-refractivity contribution in [1.29, 1.82) is 0 Å². The van der Waals surface area contributed by atoms with Crippen LogP contribution in [0.3, 0.4) is 0 Å². The molecular formula is C22H16N4S. The highest BCUT2D eigenvalue weighted by Gasteiger charge is 2.12. The normalized spacial score (nSPS) is 11.3. The van der Waals surface area contributed by atoms with Crippen molar-refractivity contribution in [3.05, 3.63) is 90.5 Å². The minimum atomic E-state index is 0.791. The molecule has 1 aromatic heterocycles. The fraction of sp³-hybridized carbons (Fsp3) is 0.0455. The molecule has 0 unspecified atom stereocenters. The van der Waals surface area contributed by atoms with E-state index in [2.05, 4.69) is 82.3 Å². The van der Waals surface area contributed by atoms with Gasteiger partial charge in [-0.25, -0.2) is 0 Å². The molecule has 5 rings (SSSR count). The fourth-order valence-corrected chi connectivity index (χ4v) is 4.26. The highest BCUT2D eigenvalue weighted by atomic mass is 32.2. The average molecular weight is 368 g/mol. The van der Waals surface area contributed by atoms with Crippen LogP contribution < -0.4 is 0 Å². The minimum Gasteiger partial charge on any atom is -0.187 e. The van der Waals surface area contributed by atoms with E-state index in [9.17, 15) is 0 Å². The van der Waals surface area contributed by atoms with E-state index in [-0.39, 0.29) is 0 Å². The molecule has 0 aliphatic rings. The zero-order valence-corrected chi connectivity index (χ0v) is 15.3. The zero-order chi connectivity index (χ0) is 18.1. The van der Waals surface area contributed by atoms with Crippen LogP contribution in [0.25, 0.3) is 27.2 Å². The van der Waals surface area contributed by atoms with E-state index in [0.717, 1.165) is 22.0 Å². The summed E-state index contributed by atoms with van der Waals surface area (Å²) in [6.45, 7) is 0. The molecule has 5 heteroatoms. The summed E-state index contributed by atoms with van der Waals surface area (Å²) >= 11 is 1.65. The average Bonchev–Trinajstić information content (AvgIpc) is 3.20. The molecule has 5 aromatic rings. The Morgan fingerprint density at radius 3 is 2.22 bits per heavy atom. The van der Waals surface area contributed by atoms with Gasteiger partial charge in [-0.2, -0.15) is 4.68 Å². The monoisotopic (exact) mass is 368 g/mol. The third-order valence-electron chi connectivity index (χ3n) is 4.67. The lowest BCUT2D eigenvalue weighted by Crippen LogP contribution is -2.00. The molecule has 0 aliphatic heterocycles. The van der Waals surface area contributed by atoms with Crippen molar-refractivity contribution in [2.24, 2.45) is 0 Å². The molecule has 0 saturated heterocycles. The van der Waals surface area contributed by atoms with Crippen molar-refractivity contribution in [2.45, 2.75) is 10.9 Å². The standard InChI is InChI=1S/C22H16N4S/c1-3-12-19-16(7-1)9-5-11-18(19)15-27-22-23-24-25-26(22)21-14-6-10-17-8-2-4-13-20(17)21/h1-14H,15H2. The summed E-state index contributed by atoms with van der Waals surface area (Å²) in [5.41, 5.74) is 2.28. The molecule has 0 saturated carbocycles. The quantitative estimate of drug-likeness (QED) is 0.406. The van der Waals surface area contributed by atoms with Gasteiger partial charge in [0.1, 0.15) is 0 Å². The smallest absolute Gasteiger partial charge is 0.187 e. The van der Waals surface area contributed by atoms with Gasteiger partial charge in [-0.1, -0.05) is 90.6 Å². The number of nitrogens with zero attached hydrogens (tertiary/aromatic N) is 4. The summed E-state index contributed by atoms with van der Waals surface area (Å²) in [5, 5.41) is 18.1. The lowest BCUT2D eigenvalue weighted by atomic mass is 10.1. The largest absolute Gasteiger partial charge is 0.214 e. The molecule has 27 heavy (non-hydrogen) atoms. The first-order valence-electron chi connectivity index (χ1n) is 8.76. The topological polar surface area (TPSA) is 43.6 Å². The molecule has 4 aromatic carbocycles. The van der Waals surface area contributed by atoms with Crippen molar-refractivity contribution in [1.82, 2.24) is 20.2 Å². The second-order valence-electron chi connectivity index (χ2n) is 6.30. The number of thioether (sulfide) groups is 1. The van der Waals surface area contributed by atoms with E-state index in [4.69, 9.17) is 0 Å². The zero-order valence-electron chi connectivity index (χ0n) is 14.5. The maximum atomic E-state index is 4.26. The van der Waals surface area contributed by atoms with Crippen molar-refractivity contribution in [3.63, 3.8) is 0 Å². The first-order chi connectivity index (χ1) is 13.4. The second kappa shape index (κ2) is 6.85. The number of tetrazole rings is 1. The maximum absolute atomic E-state index is 4.26. The number of fused-ring (bicyclic) bond motifs is 2. The van der Waals surface area contributed by atoms with Crippen LogP contribution in [0.1, 0.15) is 5.56 Å². The Hall–Kier alpha value is -3.18.